The molecular formula is C14H18ClNO2. The summed E-state index contributed by atoms with van der Waals surface area (Å²) >= 11 is 6.27. The number of benzene rings is 1. The number of carbonyl (C=O) groups excluding carboxylic acids is 1. The van der Waals surface area contributed by atoms with Crippen molar-refractivity contribution in [3.8, 4) is 0 Å². The molecule has 18 heavy (non-hydrogen) atoms. The molecule has 1 aromatic carbocycles. The summed E-state index contributed by atoms with van der Waals surface area (Å²) in [5, 5.41) is 10.3. The Labute approximate surface area is 112 Å². The molecular weight excluding hydrogens is 250 g/mol. The summed E-state index contributed by atoms with van der Waals surface area (Å²) in [5.74, 6) is -0.136. The van der Waals surface area contributed by atoms with Gasteiger partial charge in [-0.05, 0) is 30.5 Å². The smallest absolute Gasteiger partial charge is 0.127 e. The Balaban J connectivity index is 2.21. The fraction of sp³-hybridized carbons (Fsp3) is 0.500. The van der Waals surface area contributed by atoms with Crippen molar-refractivity contribution in [3.63, 3.8) is 0 Å². The molecule has 1 fully saturated rings. The Morgan fingerprint density at radius 1 is 1.56 bits per heavy atom. The van der Waals surface area contributed by atoms with Crippen molar-refractivity contribution >= 4 is 23.6 Å². The van der Waals surface area contributed by atoms with Gasteiger partial charge in [-0.2, -0.15) is 0 Å². The van der Waals surface area contributed by atoms with Gasteiger partial charge in [0, 0.05) is 19.0 Å². The van der Waals surface area contributed by atoms with E-state index in [9.17, 15) is 9.90 Å². The Kier molecular flexibility index (Phi) is 4.25. The minimum absolute atomic E-state index is 0.136. The van der Waals surface area contributed by atoms with Crippen LogP contribution in [0.2, 0.25) is 5.02 Å². The van der Waals surface area contributed by atoms with E-state index in [1.807, 2.05) is 25.1 Å². The van der Waals surface area contributed by atoms with E-state index < -0.39 is 0 Å². The summed E-state index contributed by atoms with van der Waals surface area (Å²) in [5.41, 5.74) is 1.87. The van der Waals surface area contributed by atoms with Gasteiger partial charge in [0.15, 0.2) is 0 Å². The van der Waals surface area contributed by atoms with Crippen LogP contribution in [0.3, 0.4) is 0 Å². The number of hydrogen-bond donors (Lipinski definition) is 1. The lowest BCUT2D eigenvalue weighted by molar-refractivity contribution is -0.108. The number of aliphatic hydroxyl groups is 1. The first-order valence-corrected chi connectivity index (χ1v) is 6.67. The lowest BCUT2D eigenvalue weighted by Gasteiger charge is -2.32. The van der Waals surface area contributed by atoms with E-state index in [2.05, 4.69) is 4.90 Å². The Morgan fingerprint density at radius 2 is 2.33 bits per heavy atom. The van der Waals surface area contributed by atoms with E-state index >= 15 is 0 Å². The van der Waals surface area contributed by atoms with E-state index in [1.165, 1.54) is 0 Å². The molecule has 3 nitrogen and oxygen atoms in total. The van der Waals surface area contributed by atoms with Crippen molar-refractivity contribution in [1.82, 2.24) is 0 Å². The summed E-state index contributed by atoms with van der Waals surface area (Å²) < 4.78 is 0. The van der Waals surface area contributed by atoms with Crippen molar-refractivity contribution in [3.05, 3.63) is 28.8 Å². The number of β-amino-alcohol motifs (C(OH)–C–C–N with tert-alkyl or cyclic N) is 1. The number of anilines is 1. The van der Waals surface area contributed by atoms with Gasteiger partial charge in [0.2, 0.25) is 0 Å². The highest BCUT2D eigenvalue weighted by atomic mass is 35.5. The zero-order chi connectivity index (χ0) is 13.1. The van der Waals surface area contributed by atoms with E-state index in [1.54, 1.807) is 0 Å². The number of piperidine rings is 1. The third-order valence-electron chi connectivity index (χ3n) is 3.44. The summed E-state index contributed by atoms with van der Waals surface area (Å²) in [4.78, 5) is 12.9. The minimum atomic E-state index is -0.275. The predicted octanol–water partition coefficient (Wildman–Crippen LogP) is 2.60. The second-order valence-electron chi connectivity index (χ2n) is 4.88. The number of carbonyl (C=O) groups is 1. The van der Waals surface area contributed by atoms with Crippen LogP contribution in [0.1, 0.15) is 31.2 Å². The van der Waals surface area contributed by atoms with Crippen molar-refractivity contribution in [2.75, 3.05) is 18.0 Å². The zero-order valence-corrected chi connectivity index (χ0v) is 11.2. The number of halogens is 1. The molecule has 0 amide bonds. The molecule has 0 saturated carbocycles. The molecule has 0 spiro atoms. The molecule has 1 aliphatic heterocycles. The van der Waals surface area contributed by atoms with Crippen LogP contribution in [-0.4, -0.2) is 30.6 Å². The SMILES string of the molecule is CC(C=O)c1ccc(N2CCCC(O)C2)c(Cl)c1. The molecule has 1 N–H and O–H groups in total. The number of rotatable bonds is 3. The van der Waals surface area contributed by atoms with Crippen LogP contribution in [0.25, 0.3) is 0 Å². The molecule has 2 rings (SSSR count). The topological polar surface area (TPSA) is 40.5 Å². The zero-order valence-electron chi connectivity index (χ0n) is 10.5. The summed E-state index contributed by atoms with van der Waals surface area (Å²) in [6.07, 6.45) is 2.47. The van der Waals surface area contributed by atoms with Crippen molar-refractivity contribution in [2.24, 2.45) is 0 Å². The van der Waals surface area contributed by atoms with Gasteiger partial charge in [0.05, 0.1) is 16.8 Å². The molecule has 1 saturated heterocycles. The standard InChI is InChI=1S/C14H18ClNO2/c1-10(9-17)11-4-5-14(13(15)7-11)16-6-2-3-12(18)8-16/h4-5,7,9-10,12,18H,2-3,6,8H2,1H3. The quantitative estimate of drug-likeness (QED) is 0.856. The normalized spacial score (nSPS) is 21.7. The lowest BCUT2D eigenvalue weighted by Crippen LogP contribution is -2.38. The highest BCUT2D eigenvalue weighted by Crippen LogP contribution is 2.31. The third-order valence-corrected chi connectivity index (χ3v) is 3.74. The fourth-order valence-electron chi connectivity index (χ4n) is 2.31. The van der Waals surface area contributed by atoms with Gasteiger partial charge in [-0.3, -0.25) is 0 Å². The molecule has 1 aromatic rings. The fourth-order valence-corrected chi connectivity index (χ4v) is 2.62. The first kappa shape index (κ1) is 13.4. The van der Waals surface area contributed by atoms with E-state index in [0.717, 1.165) is 36.9 Å². The maximum Gasteiger partial charge on any atom is 0.127 e. The lowest BCUT2D eigenvalue weighted by atomic mass is 10.0. The van der Waals surface area contributed by atoms with Crippen LogP contribution >= 0.6 is 11.6 Å². The first-order valence-electron chi connectivity index (χ1n) is 6.29. The molecule has 1 heterocycles. The van der Waals surface area contributed by atoms with Gasteiger partial charge in [-0.1, -0.05) is 24.6 Å². The predicted molar refractivity (Wildman–Crippen MR) is 73.4 cm³/mol. The summed E-state index contributed by atoms with van der Waals surface area (Å²) in [7, 11) is 0. The second-order valence-corrected chi connectivity index (χ2v) is 5.28. The molecule has 2 atom stereocenters. The van der Waals surface area contributed by atoms with Gasteiger partial charge < -0.3 is 14.8 Å². The second kappa shape index (κ2) is 5.72. The Bertz CT molecular complexity index is 436. The van der Waals surface area contributed by atoms with Crippen molar-refractivity contribution < 1.29 is 9.90 Å². The molecule has 0 aliphatic carbocycles. The maximum atomic E-state index is 10.8. The molecule has 0 radical (unpaired) electrons. The number of nitrogens with zero attached hydrogens (tertiary/aromatic N) is 1. The van der Waals surface area contributed by atoms with Crippen LogP contribution in [0.15, 0.2) is 18.2 Å². The van der Waals surface area contributed by atoms with E-state index in [0.29, 0.717) is 11.6 Å². The van der Waals surface area contributed by atoms with Gasteiger partial charge in [0.1, 0.15) is 6.29 Å². The van der Waals surface area contributed by atoms with Gasteiger partial charge >= 0.3 is 0 Å². The number of aldehydes is 1. The Hall–Kier alpha value is -1.06. The minimum Gasteiger partial charge on any atom is -0.391 e. The molecule has 0 bridgehead atoms. The van der Waals surface area contributed by atoms with Crippen molar-refractivity contribution in [1.29, 1.82) is 0 Å². The number of aliphatic hydroxyl groups excluding tert-OH is 1. The largest absolute Gasteiger partial charge is 0.391 e. The van der Waals surface area contributed by atoms with Crippen LogP contribution in [-0.2, 0) is 4.79 Å². The maximum absolute atomic E-state index is 10.8. The number of hydrogen-bond acceptors (Lipinski definition) is 3. The molecule has 4 heteroatoms. The van der Waals surface area contributed by atoms with Crippen molar-refractivity contribution in [2.45, 2.75) is 31.8 Å². The Morgan fingerprint density at radius 3 is 2.94 bits per heavy atom. The average Bonchev–Trinajstić information content (AvgIpc) is 2.37. The van der Waals surface area contributed by atoms with Crippen LogP contribution in [0.5, 0.6) is 0 Å². The highest BCUT2D eigenvalue weighted by Gasteiger charge is 2.20. The molecule has 2 unspecified atom stereocenters. The van der Waals surface area contributed by atoms with Gasteiger partial charge in [0.25, 0.3) is 0 Å². The first-order chi connectivity index (χ1) is 8.61. The van der Waals surface area contributed by atoms with E-state index in [-0.39, 0.29) is 12.0 Å². The molecule has 1 aliphatic rings. The molecule has 0 aromatic heterocycles. The van der Waals surface area contributed by atoms with Gasteiger partial charge in [-0.25, -0.2) is 0 Å². The van der Waals surface area contributed by atoms with Crippen LogP contribution in [0.4, 0.5) is 5.69 Å². The summed E-state index contributed by atoms with van der Waals surface area (Å²) in [6.45, 7) is 3.39. The third kappa shape index (κ3) is 2.85. The average molecular weight is 268 g/mol. The van der Waals surface area contributed by atoms with E-state index in [4.69, 9.17) is 11.6 Å². The summed E-state index contributed by atoms with van der Waals surface area (Å²) in [6, 6.07) is 5.72. The van der Waals surface area contributed by atoms with Crippen LogP contribution < -0.4 is 4.90 Å². The van der Waals surface area contributed by atoms with Gasteiger partial charge in [-0.15, -0.1) is 0 Å². The highest BCUT2D eigenvalue weighted by molar-refractivity contribution is 6.33. The monoisotopic (exact) mass is 267 g/mol. The molecule has 98 valence electrons. The van der Waals surface area contributed by atoms with Crippen LogP contribution in [0, 0.1) is 0 Å².